The summed E-state index contributed by atoms with van der Waals surface area (Å²) >= 11 is 3.56. The number of rotatable bonds is 8. The van der Waals surface area contributed by atoms with Crippen molar-refractivity contribution in [1.29, 1.82) is 5.26 Å². The number of benzene rings is 3. The molecule has 4 aromatic rings. The molecule has 0 aliphatic carbocycles. The fourth-order valence-corrected chi connectivity index (χ4v) is 3.91. The van der Waals surface area contributed by atoms with Crippen LogP contribution in [-0.4, -0.2) is 21.5 Å². The van der Waals surface area contributed by atoms with Gasteiger partial charge in [0.25, 0.3) is 5.69 Å². The summed E-state index contributed by atoms with van der Waals surface area (Å²) in [5, 5.41) is 20.7. The summed E-state index contributed by atoms with van der Waals surface area (Å²) in [4.78, 5) is 18.2. The minimum Gasteiger partial charge on any atom is -0.490 e. The molecular weight excluding hydrogens is 512 g/mol. The quantitative estimate of drug-likeness (QED) is 0.155. The minimum absolute atomic E-state index is 0.0236. The first-order chi connectivity index (χ1) is 16.9. The minimum atomic E-state index is -0.441. The summed E-state index contributed by atoms with van der Waals surface area (Å²) in [5.74, 6) is 1.50. The highest BCUT2D eigenvalue weighted by molar-refractivity contribution is 9.10. The number of aryl methyl sites for hydroxylation is 1. The molecule has 1 aromatic heterocycles. The van der Waals surface area contributed by atoms with Gasteiger partial charge in [0.1, 0.15) is 18.5 Å². The first kappa shape index (κ1) is 24.0. The van der Waals surface area contributed by atoms with Crippen LogP contribution in [0.4, 0.5) is 5.69 Å². The SMILES string of the molecule is CCOc1cc(/C=C(/C#N)c2nc3ccc(C)cc3[nH]2)c(Br)cc1OCc1ccc([N+](=O)[O-])cc1. The molecule has 35 heavy (non-hydrogen) atoms. The fraction of sp³-hybridized carbons (Fsp3) is 0.154. The summed E-state index contributed by atoms with van der Waals surface area (Å²) in [5.41, 5.74) is 4.66. The number of nitro benzene ring substituents is 1. The maximum atomic E-state index is 10.8. The highest BCUT2D eigenvalue weighted by Gasteiger charge is 2.14. The molecule has 0 atom stereocenters. The number of nitro groups is 1. The summed E-state index contributed by atoms with van der Waals surface area (Å²) in [7, 11) is 0. The molecule has 0 spiro atoms. The molecule has 0 saturated heterocycles. The average Bonchev–Trinajstić information content (AvgIpc) is 3.26. The van der Waals surface area contributed by atoms with E-state index >= 15 is 0 Å². The predicted molar refractivity (Wildman–Crippen MR) is 137 cm³/mol. The molecule has 0 bridgehead atoms. The van der Waals surface area contributed by atoms with Gasteiger partial charge in [0.15, 0.2) is 11.5 Å². The van der Waals surface area contributed by atoms with Crippen molar-refractivity contribution in [3.63, 3.8) is 0 Å². The zero-order valence-electron chi connectivity index (χ0n) is 19.0. The van der Waals surface area contributed by atoms with Crippen molar-refractivity contribution in [1.82, 2.24) is 9.97 Å². The molecule has 1 N–H and O–H groups in total. The number of ether oxygens (including phenoxy) is 2. The highest BCUT2D eigenvalue weighted by atomic mass is 79.9. The standard InChI is InChI=1S/C26H21BrN4O4/c1-3-34-24-12-18(11-19(14-28)26-29-22-9-4-16(2)10-23(22)30-26)21(27)13-25(24)35-15-17-5-7-20(8-6-17)31(32)33/h4-13H,3,15H2,1-2H3,(H,29,30)/b19-11-. The number of nitrogens with one attached hydrogen (secondary N) is 1. The van der Waals surface area contributed by atoms with E-state index < -0.39 is 4.92 Å². The van der Waals surface area contributed by atoms with Gasteiger partial charge in [-0.1, -0.05) is 22.0 Å². The number of halogens is 1. The van der Waals surface area contributed by atoms with Crippen LogP contribution in [0.25, 0.3) is 22.7 Å². The second kappa shape index (κ2) is 10.4. The maximum absolute atomic E-state index is 10.8. The Hall–Kier alpha value is -4.16. The number of nitrogens with zero attached hydrogens (tertiary/aromatic N) is 3. The number of hydrogen-bond acceptors (Lipinski definition) is 6. The van der Waals surface area contributed by atoms with Crippen molar-refractivity contribution >= 4 is 44.3 Å². The van der Waals surface area contributed by atoms with Crippen LogP contribution in [0.2, 0.25) is 0 Å². The molecule has 9 heteroatoms. The van der Waals surface area contributed by atoms with Crippen LogP contribution in [0.5, 0.6) is 11.5 Å². The molecule has 1 heterocycles. The number of allylic oxidation sites excluding steroid dienone is 1. The average molecular weight is 533 g/mol. The molecule has 0 fully saturated rings. The Morgan fingerprint density at radius 2 is 1.91 bits per heavy atom. The third-order valence-corrected chi connectivity index (χ3v) is 5.90. The second-order valence-corrected chi connectivity index (χ2v) is 8.60. The van der Waals surface area contributed by atoms with Crippen molar-refractivity contribution in [3.05, 3.63) is 91.7 Å². The number of H-pyrrole nitrogens is 1. The van der Waals surface area contributed by atoms with Gasteiger partial charge < -0.3 is 14.5 Å². The monoisotopic (exact) mass is 532 g/mol. The predicted octanol–water partition coefficient (Wildman–Crippen LogP) is 6.58. The van der Waals surface area contributed by atoms with Crippen LogP contribution >= 0.6 is 15.9 Å². The lowest BCUT2D eigenvalue weighted by Gasteiger charge is -2.14. The van der Waals surface area contributed by atoms with Crippen molar-refractivity contribution in [2.45, 2.75) is 20.5 Å². The Kier molecular flexibility index (Phi) is 7.13. The fourth-order valence-electron chi connectivity index (χ4n) is 3.48. The van der Waals surface area contributed by atoms with E-state index in [-0.39, 0.29) is 12.3 Å². The van der Waals surface area contributed by atoms with E-state index in [0.717, 1.165) is 27.7 Å². The molecule has 4 rings (SSSR count). The van der Waals surface area contributed by atoms with Crippen LogP contribution in [0.15, 0.2) is 59.1 Å². The normalized spacial score (nSPS) is 11.3. The first-order valence-corrected chi connectivity index (χ1v) is 11.6. The number of hydrogen-bond donors (Lipinski definition) is 1. The largest absolute Gasteiger partial charge is 0.490 e. The summed E-state index contributed by atoms with van der Waals surface area (Å²) in [6.07, 6.45) is 1.73. The number of aromatic amines is 1. The molecule has 0 amide bonds. The van der Waals surface area contributed by atoms with Crippen LogP contribution in [0.3, 0.4) is 0 Å². The van der Waals surface area contributed by atoms with E-state index in [2.05, 4.69) is 32.0 Å². The molecule has 0 aliphatic rings. The lowest BCUT2D eigenvalue weighted by atomic mass is 10.1. The number of aromatic nitrogens is 2. The lowest BCUT2D eigenvalue weighted by molar-refractivity contribution is -0.384. The van der Waals surface area contributed by atoms with Crippen molar-refractivity contribution < 1.29 is 14.4 Å². The third kappa shape index (κ3) is 5.50. The Balaban J connectivity index is 1.62. The van der Waals surface area contributed by atoms with Crippen molar-refractivity contribution in [2.24, 2.45) is 0 Å². The molecule has 8 nitrogen and oxygen atoms in total. The molecule has 176 valence electrons. The molecule has 0 saturated carbocycles. The van der Waals surface area contributed by atoms with Gasteiger partial charge in [-0.3, -0.25) is 10.1 Å². The van der Waals surface area contributed by atoms with Gasteiger partial charge in [-0.05, 0) is 73.0 Å². The van der Waals surface area contributed by atoms with E-state index in [9.17, 15) is 15.4 Å². The van der Waals surface area contributed by atoms with Gasteiger partial charge in [0.2, 0.25) is 0 Å². The summed E-state index contributed by atoms with van der Waals surface area (Å²) in [6.45, 7) is 4.50. The van der Waals surface area contributed by atoms with Crippen LogP contribution in [0.1, 0.15) is 29.4 Å². The number of non-ortho nitro benzene ring substituents is 1. The third-order valence-electron chi connectivity index (χ3n) is 5.22. The van der Waals surface area contributed by atoms with E-state index in [1.165, 1.54) is 12.1 Å². The zero-order valence-corrected chi connectivity index (χ0v) is 20.6. The maximum Gasteiger partial charge on any atom is 0.269 e. The Bertz CT molecular complexity index is 1470. The van der Waals surface area contributed by atoms with Crippen LogP contribution in [0, 0.1) is 28.4 Å². The lowest BCUT2D eigenvalue weighted by Crippen LogP contribution is -2.01. The van der Waals surface area contributed by atoms with E-state index in [1.54, 1.807) is 30.3 Å². The van der Waals surface area contributed by atoms with E-state index in [4.69, 9.17) is 9.47 Å². The van der Waals surface area contributed by atoms with Crippen molar-refractivity contribution in [2.75, 3.05) is 6.61 Å². The van der Waals surface area contributed by atoms with Crippen LogP contribution in [-0.2, 0) is 6.61 Å². The molecular formula is C26H21BrN4O4. The van der Waals surface area contributed by atoms with Gasteiger partial charge in [-0.25, -0.2) is 4.98 Å². The van der Waals surface area contributed by atoms with Gasteiger partial charge in [0, 0.05) is 16.6 Å². The Labute approximate surface area is 210 Å². The Morgan fingerprint density at radius 3 is 2.60 bits per heavy atom. The van der Waals surface area contributed by atoms with Gasteiger partial charge in [-0.15, -0.1) is 0 Å². The topological polar surface area (TPSA) is 114 Å². The molecule has 0 radical (unpaired) electrons. The van der Waals surface area contributed by atoms with Gasteiger partial charge in [0.05, 0.1) is 28.1 Å². The smallest absolute Gasteiger partial charge is 0.269 e. The van der Waals surface area contributed by atoms with Crippen molar-refractivity contribution in [3.8, 4) is 17.6 Å². The first-order valence-electron chi connectivity index (χ1n) is 10.8. The summed E-state index contributed by atoms with van der Waals surface area (Å²) in [6, 6.07) is 17.9. The van der Waals surface area contributed by atoms with Crippen LogP contribution < -0.4 is 9.47 Å². The zero-order chi connectivity index (χ0) is 24.9. The van der Waals surface area contributed by atoms with E-state index in [0.29, 0.717) is 34.0 Å². The van der Waals surface area contributed by atoms with E-state index in [1.807, 2.05) is 32.0 Å². The number of fused-ring (bicyclic) bond motifs is 1. The molecule has 3 aromatic carbocycles. The van der Waals surface area contributed by atoms with Gasteiger partial charge >= 0.3 is 0 Å². The second-order valence-electron chi connectivity index (χ2n) is 7.74. The van der Waals surface area contributed by atoms with Gasteiger partial charge in [-0.2, -0.15) is 5.26 Å². The number of imidazole rings is 1. The highest BCUT2D eigenvalue weighted by Crippen LogP contribution is 2.36. The number of nitriles is 1. The molecule has 0 aliphatic heterocycles. The molecule has 0 unspecified atom stereocenters. The Morgan fingerprint density at radius 1 is 1.17 bits per heavy atom. The summed E-state index contributed by atoms with van der Waals surface area (Å²) < 4.78 is 12.4.